The highest BCUT2D eigenvalue weighted by Gasteiger charge is 2.24. The summed E-state index contributed by atoms with van der Waals surface area (Å²) in [7, 11) is -4.27. The Kier molecular flexibility index (Phi) is 3.63. The maximum Gasteiger partial charge on any atom is 0.294 e. The first-order valence-corrected chi connectivity index (χ1v) is 7.41. The van der Waals surface area contributed by atoms with Crippen LogP contribution in [-0.4, -0.2) is 33.1 Å². The van der Waals surface area contributed by atoms with Gasteiger partial charge in [0.2, 0.25) is 0 Å². The lowest BCUT2D eigenvalue weighted by atomic mass is 10.0. The molecule has 0 saturated heterocycles. The zero-order chi connectivity index (χ0) is 15.0. The number of aromatic nitrogens is 3. The van der Waals surface area contributed by atoms with E-state index in [-0.39, 0.29) is 4.90 Å². The fourth-order valence-electron chi connectivity index (χ4n) is 1.60. The molecule has 2 aromatic rings. The molecular weight excluding hydrogens is 282 g/mol. The van der Waals surface area contributed by atoms with Crippen molar-refractivity contribution in [2.24, 2.45) is 0 Å². The van der Waals surface area contributed by atoms with Crippen molar-refractivity contribution in [2.75, 3.05) is 0 Å². The van der Waals surface area contributed by atoms with Crippen LogP contribution in [0.2, 0.25) is 0 Å². The predicted molar refractivity (Wildman–Crippen MR) is 71.0 cm³/mol. The molecule has 0 unspecified atom stereocenters. The number of benzene rings is 1. The number of rotatable bonds is 4. The lowest BCUT2D eigenvalue weighted by Gasteiger charge is -2.16. The second kappa shape index (κ2) is 4.97. The van der Waals surface area contributed by atoms with E-state index >= 15 is 0 Å². The average molecular weight is 297 g/mol. The normalized spacial score (nSPS) is 15.0. The molecule has 7 nitrogen and oxygen atoms in total. The van der Waals surface area contributed by atoms with Crippen LogP contribution in [0.25, 0.3) is 5.69 Å². The molecule has 20 heavy (non-hydrogen) atoms. The van der Waals surface area contributed by atoms with Crippen LogP contribution in [-0.2, 0) is 15.7 Å². The van der Waals surface area contributed by atoms with Gasteiger partial charge >= 0.3 is 0 Å². The van der Waals surface area contributed by atoms with Gasteiger partial charge in [0, 0.05) is 0 Å². The minimum absolute atomic E-state index is 0.227. The Morgan fingerprint density at radius 1 is 1.40 bits per heavy atom. The topological polar surface area (TPSA) is 105 Å². The molecule has 2 N–H and O–H groups in total. The third kappa shape index (κ3) is 2.87. The minimum Gasteiger partial charge on any atom is -0.384 e. The first kappa shape index (κ1) is 14.6. The van der Waals surface area contributed by atoms with Gasteiger partial charge in [-0.3, -0.25) is 4.55 Å². The van der Waals surface area contributed by atoms with Gasteiger partial charge < -0.3 is 5.11 Å². The highest BCUT2D eigenvalue weighted by atomic mass is 32.2. The van der Waals surface area contributed by atoms with Crippen molar-refractivity contribution in [3.8, 4) is 5.69 Å². The van der Waals surface area contributed by atoms with Crippen molar-refractivity contribution in [3.63, 3.8) is 0 Å². The zero-order valence-electron chi connectivity index (χ0n) is 11.1. The summed E-state index contributed by atoms with van der Waals surface area (Å²) in [4.78, 5) is -0.227. The molecule has 108 valence electrons. The number of hydrogen-bond acceptors (Lipinski definition) is 5. The van der Waals surface area contributed by atoms with Crippen molar-refractivity contribution in [1.82, 2.24) is 15.0 Å². The van der Waals surface area contributed by atoms with Crippen molar-refractivity contribution >= 4 is 10.1 Å². The van der Waals surface area contributed by atoms with Gasteiger partial charge in [0.1, 0.15) is 11.3 Å². The van der Waals surface area contributed by atoms with E-state index in [4.69, 9.17) is 4.55 Å². The minimum atomic E-state index is -4.27. The van der Waals surface area contributed by atoms with Crippen LogP contribution in [0, 0.1) is 0 Å². The molecule has 0 aliphatic heterocycles. The zero-order valence-corrected chi connectivity index (χ0v) is 11.9. The SMILES string of the molecule is CC[C@](C)(O)c1cn(-c2cccc(S(=O)(=O)O)c2)nn1. The fraction of sp³-hybridized carbons (Fsp3) is 0.333. The molecular formula is C12H15N3O4S. The van der Waals surface area contributed by atoms with Crippen molar-refractivity contribution in [1.29, 1.82) is 0 Å². The van der Waals surface area contributed by atoms with Gasteiger partial charge in [-0.15, -0.1) is 5.10 Å². The molecule has 0 radical (unpaired) electrons. The van der Waals surface area contributed by atoms with Crippen LogP contribution in [0.4, 0.5) is 0 Å². The average Bonchev–Trinajstić information content (AvgIpc) is 2.88. The molecule has 0 aliphatic rings. The van der Waals surface area contributed by atoms with E-state index in [0.717, 1.165) is 0 Å². The number of nitrogens with zero attached hydrogens (tertiary/aromatic N) is 3. The second-order valence-electron chi connectivity index (χ2n) is 4.65. The lowest BCUT2D eigenvalue weighted by Crippen LogP contribution is -2.20. The molecule has 0 amide bonds. The second-order valence-corrected chi connectivity index (χ2v) is 6.07. The van der Waals surface area contributed by atoms with Crippen LogP contribution >= 0.6 is 0 Å². The molecule has 1 aromatic heterocycles. The molecule has 2 rings (SSSR count). The molecule has 8 heteroatoms. The van der Waals surface area contributed by atoms with Crippen molar-refractivity contribution < 1.29 is 18.1 Å². The molecule has 0 spiro atoms. The van der Waals surface area contributed by atoms with Crippen LogP contribution in [0.5, 0.6) is 0 Å². The summed E-state index contributed by atoms with van der Waals surface area (Å²) < 4.78 is 32.6. The Labute approximate surface area is 116 Å². The summed E-state index contributed by atoms with van der Waals surface area (Å²) >= 11 is 0. The molecule has 0 fully saturated rings. The Bertz CT molecular complexity index is 722. The van der Waals surface area contributed by atoms with Gasteiger partial charge in [-0.1, -0.05) is 18.2 Å². The summed E-state index contributed by atoms with van der Waals surface area (Å²) in [5.41, 5.74) is -0.290. The smallest absolute Gasteiger partial charge is 0.294 e. The molecule has 0 saturated carbocycles. The van der Waals surface area contributed by atoms with E-state index in [9.17, 15) is 13.5 Å². The first-order valence-electron chi connectivity index (χ1n) is 5.97. The van der Waals surface area contributed by atoms with Crippen molar-refractivity contribution in [3.05, 3.63) is 36.2 Å². The molecule has 1 atom stereocenters. The van der Waals surface area contributed by atoms with Gasteiger partial charge in [-0.25, -0.2) is 4.68 Å². The van der Waals surface area contributed by atoms with Crippen LogP contribution in [0.1, 0.15) is 26.0 Å². The number of hydrogen-bond donors (Lipinski definition) is 2. The van der Waals surface area contributed by atoms with Gasteiger partial charge in [-0.05, 0) is 31.5 Å². The van der Waals surface area contributed by atoms with E-state index in [1.54, 1.807) is 13.0 Å². The Morgan fingerprint density at radius 3 is 2.70 bits per heavy atom. The van der Waals surface area contributed by atoms with Gasteiger partial charge in [0.15, 0.2) is 0 Å². The Hall–Kier alpha value is -1.77. The third-order valence-electron chi connectivity index (χ3n) is 3.11. The predicted octanol–water partition coefficient (Wildman–Crippen LogP) is 1.13. The third-order valence-corrected chi connectivity index (χ3v) is 3.96. The largest absolute Gasteiger partial charge is 0.384 e. The summed E-state index contributed by atoms with van der Waals surface area (Å²) in [6.45, 7) is 3.44. The van der Waals surface area contributed by atoms with Crippen LogP contribution < -0.4 is 0 Å². The maximum absolute atomic E-state index is 11.1. The summed E-state index contributed by atoms with van der Waals surface area (Å²) in [6.07, 6.45) is 1.99. The maximum atomic E-state index is 11.1. The molecule has 1 heterocycles. The van der Waals surface area contributed by atoms with E-state index in [0.29, 0.717) is 17.8 Å². The van der Waals surface area contributed by atoms with E-state index < -0.39 is 15.7 Å². The Morgan fingerprint density at radius 2 is 2.10 bits per heavy atom. The molecule has 0 bridgehead atoms. The highest BCUT2D eigenvalue weighted by Crippen LogP contribution is 2.22. The van der Waals surface area contributed by atoms with Crippen LogP contribution in [0.3, 0.4) is 0 Å². The van der Waals surface area contributed by atoms with E-state index in [2.05, 4.69) is 10.3 Å². The highest BCUT2D eigenvalue weighted by molar-refractivity contribution is 7.85. The first-order chi connectivity index (χ1) is 9.24. The number of aliphatic hydroxyl groups is 1. The molecule has 1 aromatic carbocycles. The van der Waals surface area contributed by atoms with Crippen LogP contribution in [0.15, 0.2) is 35.4 Å². The standard InChI is InChI=1S/C12H15N3O4S/c1-3-12(2,16)11-8-15(14-13-11)9-5-4-6-10(7-9)20(17,18)19/h4-8,16H,3H2,1-2H3,(H,17,18,19)/t12-/m0/s1. The Balaban J connectivity index is 2.43. The monoisotopic (exact) mass is 297 g/mol. The summed E-state index contributed by atoms with van der Waals surface area (Å²) in [5.74, 6) is 0. The fourth-order valence-corrected chi connectivity index (χ4v) is 2.12. The summed E-state index contributed by atoms with van der Waals surface area (Å²) in [5, 5.41) is 17.8. The quantitative estimate of drug-likeness (QED) is 0.820. The van der Waals surface area contributed by atoms with Gasteiger partial charge in [0.05, 0.1) is 16.8 Å². The van der Waals surface area contributed by atoms with Crippen molar-refractivity contribution in [2.45, 2.75) is 30.8 Å². The van der Waals surface area contributed by atoms with Gasteiger partial charge in [-0.2, -0.15) is 8.42 Å². The summed E-state index contributed by atoms with van der Waals surface area (Å²) in [6, 6.07) is 5.65. The lowest BCUT2D eigenvalue weighted by molar-refractivity contribution is 0.0484. The van der Waals surface area contributed by atoms with Gasteiger partial charge in [0.25, 0.3) is 10.1 Å². The molecule has 0 aliphatic carbocycles. The van der Waals surface area contributed by atoms with E-state index in [1.807, 2.05) is 6.92 Å². The van der Waals surface area contributed by atoms with E-state index in [1.165, 1.54) is 29.1 Å².